The van der Waals surface area contributed by atoms with Crippen LogP contribution in [0.15, 0.2) is 28.9 Å². The summed E-state index contributed by atoms with van der Waals surface area (Å²) in [5.41, 5.74) is 0.336. The van der Waals surface area contributed by atoms with E-state index in [4.69, 9.17) is 5.11 Å². The average molecular weight is 343 g/mol. The van der Waals surface area contributed by atoms with E-state index in [9.17, 15) is 14.0 Å². The normalized spacial score (nSPS) is 10.3. The van der Waals surface area contributed by atoms with E-state index >= 15 is 0 Å². The molecule has 0 atom stereocenters. The largest absolute Gasteiger partial charge is 0.480 e. The van der Waals surface area contributed by atoms with Crippen LogP contribution in [-0.4, -0.2) is 32.0 Å². The van der Waals surface area contributed by atoms with E-state index in [0.29, 0.717) is 5.69 Å². The first-order valence-corrected chi connectivity index (χ1v) is 6.13. The Hall–Kier alpha value is -2.29. The molecule has 0 aliphatic rings. The van der Waals surface area contributed by atoms with E-state index in [1.54, 1.807) is 0 Å². The maximum atomic E-state index is 13.0. The molecule has 20 heavy (non-hydrogen) atoms. The highest BCUT2D eigenvalue weighted by Crippen LogP contribution is 2.20. The number of carboxylic acids is 1. The second-order valence-corrected chi connectivity index (χ2v) is 4.63. The van der Waals surface area contributed by atoms with Gasteiger partial charge in [-0.2, -0.15) is 0 Å². The minimum Gasteiger partial charge on any atom is -0.480 e. The van der Waals surface area contributed by atoms with Crippen molar-refractivity contribution in [3.63, 3.8) is 0 Å². The van der Waals surface area contributed by atoms with E-state index in [0.717, 1.165) is 4.68 Å². The number of hydrogen-bond donors (Lipinski definition) is 2. The lowest BCUT2D eigenvalue weighted by molar-refractivity contribution is -0.137. The third kappa shape index (κ3) is 3.38. The molecule has 1 heterocycles. The number of aromatic nitrogens is 3. The number of amides is 1. The van der Waals surface area contributed by atoms with E-state index in [1.165, 1.54) is 24.4 Å². The molecule has 9 heteroatoms. The van der Waals surface area contributed by atoms with Crippen LogP contribution in [0.25, 0.3) is 0 Å². The van der Waals surface area contributed by atoms with Crippen LogP contribution >= 0.6 is 15.9 Å². The average Bonchev–Trinajstić information content (AvgIpc) is 2.81. The Bertz CT molecular complexity index is 673. The number of hydrogen-bond acceptors (Lipinski definition) is 4. The van der Waals surface area contributed by atoms with E-state index in [2.05, 4.69) is 31.6 Å². The molecular formula is C11H8BrFN4O3. The van der Waals surface area contributed by atoms with Crippen LogP contribution in [0.1, 0.15) is 10.5 Å². The van der Waals surface area contributed by atoms with Crippen LogP contribution in [0.4, 0.5) is 10.1 Å². The van der Waals surface area contributed by atoms with Gasteiger partial charge in [-0.25, -0.2) is 9.07 Å². The van der Waals surface area contributed by atoms with Crippen LogP contribution in [0.5, 0.6) is 0 Å². The van der Waals surface area contributed by atoms with E-state index in [-0.39, 0.29) is 16.7 Å². The summed E-state index contributed by atoms with van der Waals surface area (Å²) in [6.07, 6.45) is 1.21. The minimum atomic E-state index is -1.09. The van der Waals surface area contributed by atoms with Crippen molar-refractivity contribution in [2.45, 2.75) is 6.54 Å². The first-order chi connectivity index (χ1) is 9.45. The number of halogens is 2. The molecule has 7 nitrogen and oxygen atoms in total. The third-order valence-electron chi connectivity index (χ3n) is 2.25. The first kappa shape index (κ1) is 14.1. The summed E-state index contributed by atoms with van der Waals surface area (Å²) in [7, 11) is 0. The summed E-state index contributed by atoms with van der Waals surface area (Å²) in [6, 6.07) is 3.98. The lowest BCUT2D eigenvalue weighted by Gasteiger charge is -2.03. The molecule has 0 unspecified atom stereocenters. The number of aliphatic carboxylic acids is 1. The number of carboxylic acid groups (broad SMARTS) is 1. The highest BCUT2D eigenvalue weighted by Gasteiger charge is 2.13. The molecule has 0 saturated heterocycles. The zero-order valence-corrected chi connectivity index (χ0v) is 11.5. The predicted molar refractivity (Wildman–Crippen MR) is 69.7 cm³/mol. The van der Waals surface area contributed by atoms with Crippen molar-refractivity contribution < 1.29 is 19.1 Å². The fourth-order valence-corrected chi connectivity index (χ4v) is 1.77. The number of rotatable bonds is 4. The zero-order chi connectivity index (χ0) is 14.7. The molecule has 0 bridgehead atoms. The zero-order valence-electron chi connectivity index (χ0n) is 9.88. The Morgan fingerprint density at radius 2 is 2.20 bits per heavy atom. The molecule has 2 N–H and O–H groups in total. The molecule has 0 saturated carbocycles. The lowest BCUT2D eigenvalue weighted by Crippen LogP contribution is -2.12. The van der Waals surface area contributed by atoms with Gasteiger partial charge in [-0.1, -0.05) is 5.21 Å². The summed E-state index contributed by atoms with van der Waals surface area (Å²) in [5.74, 6) is -2.11. The minimum absolute atomic E-state index is 0.0355. The molecule has 104 valence electrons. The Kier molecular flexibility index (Phi) is 4.08. The van der Waals surface area contributed by atoms with Crippen molar-refractivity contribution in [2.75, 3.05) is 5.32 Å². The van der Waals surface area contributed by atoms with Gasteiger partial charge >= 0.3 is 5.97 Å². The van der Waals surface area contributed by atoms with Crippen LogP contribution in [0.3, 0.4) is 0 Å². The van der Waals surface area contributed by atoms with Crippen LogP contribution in [-0.2, 0) is 11.3 Å². The molecule has 0 fully saturated rings. The highest BCUT2D eigenvalue weighted by atomic mass is 79.9. The van der Waals surface area contributed by atoms with Crippen molar-refractivity contribution >= 4 is 33.5 Å². The first-order valence-electron chi connectivity index (χ1n) is 5.34. The van der Waals surface area contributed by atoms with Crippen molar-refractivity contribution in [3.8, 4) is 0 Å². The standard InChI is InChI=1S/C11H8BrFN4O3/c12-7-3-6(1-2-8(7)13)14-11(20)9-4-17(16-15-9)5-10(18)19/h1-4H,5H2,(H,14,20)(H,18,19). The number of carbonyl (C=O) groups excluding carboxylic acids is 1. The number of nitrogens with zero attached hydrogens (tertiary/aromatic N) is 3. The third-order valence-corrected chi connectivity index (χ3v) is 2.85. The molecule has 1 aromatic carbocycles. The predicted octanol–water partition coefficient (Wildman–Crippen LogP) is 1.52. The molecule has 2 rings (SSSR count). The van der Waals surface area contributed by atoms with Crippen LogP contribution in [0.2, 0.25) is 0 Å². The maximum absolute atomic E-state index is 13.0. The van der Waals surface area contributed by atoms with Gasteiger partial charge in [-0.05, 0) is 34.1 Å². The van der Waals surface area contributed by atoms with Gasteiger partial charge in [0.1, 0.15) is 12.4 Å². The van der Waals surface area contributed by atoms with Crippen LogP contribution in [0, 0.1) is 5.82 Å². The van der Waals surface area contributed by atoms with E-state index < -0.39 is 17.7 Å². The molecule has 1 aromatic heterocycles. The second-order valence-electron chi connectivity index (χ2n) is 3.78. The van der Waals surface area contributed by atoms with Gasteiger partial charge in [0.25, 0.3) is 5.91 Å². The Labute approximate surface area is 120 Å². The Morgan fingerprint density at radius 1 is 1.45 bits per heavy atom. The number of anilines is 1. The topological polar surface area (TPSA) is 97.1 Å². The molecule has 0 aliphatic heterocycles. The SMILES string of the molecule is O=C(O)Cn1cc(C(=O)Nc2ccc(F)c(Br)c2)nn1. The van der Waals surface area contributed by atoms with Gasteiger partial charge in [0.15, 0.2) is 5.69 Å². The van der Waals surface area contributed by atoms with Gasteiger partial charge in [-0.15, -0.1) is 5.10 Å². The molecular weight excluding hydrogens is 335 g/mol. The molecule has 2 aromatic rings. The maximum Gasteiger partial charge on any atom is 0.325 e. The smallest absolute Gasteiger partial charge is 0.325 e. The number of benzene rings is 1. The molecule has 0 radical (unpaired) electrons. The summed E-state index contributed by atoms with van der Waals surface area (Å²) < 4.78 is 14.3. The monoisotopic (exact) mass is 342 g/mol. The lowest BCUT2D eigenvalue weighted by atomic mass is 10.3. The summed E-state index contributed by atoms with van der Waals surface area (Å²) in [5, 5.41) is 18.1. The fraction of sp³-hybridized carbons (Fsp3) is 0.0909. The van der Waals surface area contributed by atoms with Gasteiger partial charge in [0.05, 0.1) is 10.7 Å². The van der Waals surface area contributed by atoms with Crippen molar-refractivity contribution in [3.05, 3.63) is 40.4 Å². The van der Waals surface area contributed by atoms with Crippen LogP contribution < -0.4 is 5.32 Å². The Balaban J connectivity index is 2.09. The van der Waals surface area contributed by atoms with Gasteiger partial charge in [-0.3, -0.25) is 9.59 Å². The van der Waals surface area contributed by atoms with Gasteiger partial charge < -0.3 is 10.4 Å². The van der Waals surface area contributed by atoms with Gasteiger partial charge in [0, 0.05) is 5.69 Å². The summed E-state index contributed by atoms with van der Waals surface area (Å²) >= 11 is 3.00. The Morgan fingerprint density at radius 3 is 2.85 bits per heavy atom. The summed E-state index contributed by atoms with van der Waals surface area (Å²) in [6.45, 7) is -0.387. The number of nitrogens with one attached hydrogen (secondary N) is 1. The fourth-order valence-electron chi connectivity index (χ4n) is 1.39. The summed E-state index contributed by atoms with van der Waals surface area (Å²) in [4.78, 5) is 22.3. The van der Waals surface area contributed by atoms with Crippen molar-refractivity contribution in [1.82, 2.24) is 15.0 Å². The quantitative estimate of drug-likeness (QED) is 0.877. The van der Waals surface area contributed by atoms with Crippen molar-refractivity contribution in [1.29, 1.82) is 0 Å². The number of carbonyl (C=O) groups is 2. The molecule has 1 amide bonds. The van der Waals surface area contributed by atoms with Crippen molar-refractivity contribution in [2.24, 2.45) is 0 Å². The highest BCUT2D eigenvalue weighted by molar-refractivity contribution is 9.10. The molecule has 0 aliphatic carbocycles. The second kappa shape index (κ2) is 5.78. The molecule has 0 spiro atoms. The van der Waals surface area contributed by atoms with Gasteiger partial charge in [0.2, 0.25) is 0 Å². The van der Waals surface area contributed by atoms with E-state index in [1.807, 2.05) is 0 Å².